The molecule has 1 aliphatic heterocycles. The summed E-state index contributed by atoms with van der Waals surface area (Å²) in [6.45, 7) is 4.21. The summed E-state index contributed by atoms with van der Waals surface area (Å²) in [6.07, 6.45) is 7.82. The van der Waals surface area contributed by atoms with Crippen molar-refractivity contribution in [1.29, 1.82) is 0 Å². The summed E-state index contributed by atoms with van der Waals surface area (Å²) < 4.78 is 2.95. The van der Waals surface area contributed by atoms with Crippen molar-refractivity contribution >= 4 is 40.3 Å². The molecule has 4 rings (SSSR count). The van der Waals surface area contributed by atoms with Gasteiger partial charge in [-0.05, 0) is 56.5 Å². The third-order valence-electron chi connectivity index (χ3n) is 5.53. The maximum atomic E-state index is 13.0. The summed E-state index contributed by atoms with van der Waals surface area (Å²) in [5.74, 6) is 0.0846. The lowest BCUT2D eigenvalue weighted by Gasteiger charge is -2.29. The van der Waals surface area contributed by atoms with Gasteiger partial charge in [-0.1, -0.05) is 61.4 Å². The van der Waals surface area contributed by atoms with Gasteiger partial charge >= 0.3 is 0 Å². The zero-order chi connectivity index (χ0) is 19.0. The van der Waals surface area contributed by atoms with Crippen LogP contribution in [0.3, 0.4) is 0 Å². The standard InChI is InChI=1S/C22H24N2OS2/c1-15-13-17(16(2)23(15)18-9-5-3-6-10-18)14-20-21(25)24(22(26)27-20)19-11-7-4-8-12-19/h3,5-6,9-10,13-14,19H,4,7-8,11-12H2,1-2H3/b20-14+. The zero-order valence-electron chi connectivity index (χ0n) is 15.8. The Bertz CT molecular complexity index is 908. The number of thioether (sulfide) groups is 1. The Morgan fingerprint density at radius 1 is 1.11 bits per heavy atom. The minimum atomic E-state index is 0.0846. The van der Waals surface area contributed by atoms with Crippen molar-refractivity contribution in [3.8, 4) is 5.69 Å². The van der Waals surface area contributed by atoms with E-state index >= 15 is 0 Å². The predicted octanol–water partition coefficient (Wildman–Crippen LogP) is 5.63. The van der Waals surface area contributed by atoms with E-state index in [1.54, 1.807) is 0 Å². The normalized spacial score (nSPS) is 20.1. The molecule has 0 atom stereocenters. The van der Waals surface area contributed by atoms with Gasteiger partial charge in [-0.25, -0.2) is 0 Å². The van der Waals surface area contributed by atoms with E-state index < -0.39 is 0 Å². The molecule has 1 aromatic carbocycles. The van der Waals surface area contributed by atoms with Crippen LogP contribution in [0.25, 0.3) is 11.8 Å². The molecule has 2 aromatic rings. The first-order valence-corrected chi connectivity index (χ1v) is 10.8. The monoisotopic (exact) mass is 396 g/mol. The molecule has 5 heteroatoms. The van der Waals surface area contributed by atoms with Gasteiger partial charge in [0.15, 0.2) is 0 Å². The number of amides is 1. The van der Waals surface area contributed by atoms with Crippen molar-refractivity contribution in [2.24, 2.45) is 0 Å². The summed E-state index contributed by atoms with van der Waals surface area (Å²) >= 11 is 7.00. The molecule has 0 N–H and O–H groups in total. The number of carbonyl (C=O) groups excluding carboxylic acids is 1. The summed E-state index contributed by atoms with van der Waals surface area (Å²) in [5, 5.41) is 0. The lowest BCUT2D eigenvalue weighted by atomic mass is 9.94. The smallest absolute Gasteiger partial charge is 0.266 e. The van der Waals surface area contributed by atoms with Gasteiger partial charge in [-0.2, -0.15) is 0 Å². The number of rotatable bonds is 3. The Morgan fingerprint density at radius 2 is 1.81 bits per heavy atom. The van der Waals surface area contributed by atoms with E-state index in [4.69, 9.17) is 12.2 Å². The first-order valence-electron chi connectivity index (χ1n) is 9.57. The zero-order valence-corrected chi connectivity index (χ0v) is 17.4. The molecule has 1 aliphatic carbocycles. The average molecular weight is 397 g/mol. The van der Waals surface area contributed by atoms with Gasteiger partial charge in [-0.15, -0.1) is 0 Å². The van der Waals surface area contributed by atoms with E-state index in [1.807, 2.05) is 29.2 Å². The molecule has 1 saturated heterocycles. The van der Waals surface area contributed by atoms with Gasteiger partial charge in [0.1, 0.15) is 4.32 Å². The Morgan fingerprint density at radius 3 is 2.52 bits per heavy atom. The fraction of sp³-hybridized carbons (Fsp3) is 0.364. The molecule has 3 nitrogen and oxygen atoms in total. The molecular formula is C22H24N2OS2. The Labute approximate surface area is 170 Å². The highest BCUT2D eigenvalue weighted by Crippen LogP contribution is 2.38. The molecular weight excluding hydrogens is 372 g/mol. The maximum absolute atomic E-state index is 13.0. The van der Waals surface area contributed by atoms with Crippen LogP contribution in [0, 0.1) is 13.8 Å². The van der Waals surface area contributed by atoms with Crippen LogP contribution in [0.4, 0.5) is 0 Å². The summed E-state index contributed by atoms with van der Waals surface area (Å²) in [7, 11) is 0. The number of para-hydroxylation sites is 1. The molecule has 2 aliphatic rings. The van der Waals surface area contributed by atoms with E-state index in [0.717, 1.165) is 44.7 Å². The third kappa shape index (κ3) is 3.50. The first-order chi connectivity index (χ1) is 13.1. The number of benzene rings is 1. The molecule has 1 amide bonds. The highest BCUT2D eigenvalue weighted by Gasteiger charge is 2.37. The highest BCUT2D eigenvalue weighted by atomic mass is 32.2. The SMILES string of the molecule is Cc1cc(/C=C2/SC(=S)N(C3CCCCC3)C2=O)c(C)n1-c1ccccc1. The average Bonchev–Trinajstić information content (AvgIpc) is 3.11. The van der Waals surface area contributed by atoms with Gasteiger partial charge in [0.2, 0.25) is 0 Å². The fourth-order valence-electron chi connectivity index (χ4n) is 4.18. The van der Waals surface area contributed by atoms with Crippen LogP contribution in [0.5, 0.6) is 0 Å². The van der Waals surface area contributed by atoms with Gasteiger partial charge in [0.25, 0.3) is 5.91 Å². The van der Waals surface area contributed by atoms with Crippen LogP contribution in [0.2, 0.25) is 0 Å². The molecule has 0 unspecified atom stereocenters. The second-order valence-corrected chi connectivity index (χ2v) is 9.02. The summed E-state index contributed by atoms with van der Waals surface area (Å²) in [5.41, 5.74) is 4.52. The van der Waals surface area contributed by atoms with Gasteiger partial charge in [-0.3, -0.25) is 9.69 Å². The number of aryl methyl sites for hydroxylation is 1. The summed E-state index contributed by atoms with van der Waals surface area (Å²) in [4.78, 5) is 15.7. The van der Waals surface area contributed by atoms with E-state index in [2.05, 4.69) is 36.6 Å². The topological polar surface area (TPSA) is 25.2 Å². The predicted molar refractivity (Wildman–Crippen MR) is 117 cm³/mol. The number of hydrogen-bond donors (Lipinski definition) is 0. The number of nitrogens with zero attached hydrogens (tertiary/aromatic N) is 2. The Hall–Kier alpha value is -1.85. The van der Waals surface area contributed by atoms with Gasteiger partial charge in [0, 0.05) is 23.1 Å². The van der Waals surface area contributed by atoms with E-state index in [-0.39, 0.29) is 11.9 Å². The van der Waals surface area contributed by atoms with Crippen LogP contribution in [0.1, 0.15) is 49.1 Å². The van der Waals surface area contributed by atoms with Gasteiger partial charge < -0.3 is 4.57 Å². The largest absolute Gasteiger partial charge is 0.318 e. The van der Waals surface area contributed by atoms with Crippen LogP contribution < -0.4 is 0 Å². The van der Waals surface area contributed by atoms with Crippen molar-refractivity contribution < 1.29 is 4.79 Å². The molecule has 1 saturated carbocycles. The van der Waals surface area contributed by atoms with Gasteiger partial charge in [0.05, 0.1) is 4.91 Å². The Kier molecular flexibility index (Phi) is 5.24. The molecule has 1 aromatic heterocycles. The minimum absolute atomic E-state index is 0.0846. The van der Waals surface area contributed by atoms with Crippen LogP contribution in [0.15, 0.2) is 41.3 Å². The number of carbonyl (C=O) groups is 1. The second-order valence-electron chi connectivity index (χ2n) is 7.34. The fourth-order valence-corrected chi connectivity index (χ4v) is 5.57. The van der Waals surface area contributed by atoms with E-state index in [1.165, 1.54) is 31.0 Å². The maximum Gasteiger partial charge on any atom is 0.266 e. The Balaban J connectivity index is 1.64. The minimum Gasteiger partial charge on any atom is -0.318 e. The number of thiocarbonyl (C=S) groups is 1. The van der Waals surface area contributed by atoms with Crippen molar-refractivity contribution in [1.82, 2.24) is 9.47 Å². The quantitative estimate of drug-likeness (QED) is 0.497. The van der Waals surface area contributed by atoms with E-state index in [9.17, 15) is 4.79 Å². The van der Waals surface area contributed by atoms with Crippen LogP contribution in [-0.4, -0.2) is 25.7 Å². The van der Waals surface area contributed by atoms with E-state index in [0.29, 0.717) is 0 Å². The molecule has 27 heavy (non-hydrogen) atoms. The molecule has 2 heterocycles. The third-order valence-corrected chi connectivity index (χ3v) is 6.87. The van der Waals surface area contributed by atoms with Crippen molar-refractivity contribution in [2.75, 3.05) is 0 Å². The second kappa shape index (κ2) is 7.64. The van der Waals surface area contributed by atoms with Crippen LogP contribution >= 0.6 is 24.0 Å². The first kappa shape index (κ1) is 18.5. The highest BCUT2D eigenvalue weighted by molar-refractivity contribution is 8.26. The molecule has 0 spiro atoms. The lowest BCUT2D eigenvalue weighted by Crippen LogP contribution is -2.39. The summed E-state index contributed by atoms with van der Waals surface area (Å²) in [6, 6.07) is 12.8. The molecule has 140 valence electrons. The lowest BCUT2D eigenvalue weighted by molar-refractivity contribution is -0.124. The number of aromatic nitrogens is 1. The number of hydrogen-bond acceptors (Lipinski definition) is 3. The van der Waals surface area contributed by atoms with Crippen LogP contribution in [-0.2, 0) is 4.79 Å². The molecule has 0 radical (unpaired) electrons. The van der Waals surface area contributed by atoms with Crippen molar-refractivity contribution in [3.05, 3.63) is 58.3 Å². The molecule has 2 fully saturated rings. The van der Waals surface area contributed by atoms with Crippen molar-refractivity contribution in [3.63, 3.8) is 0 Å². The van der Waals surface area contributed by atoms with Crippen molar-refractivity contribution in [2.45, 2.75) is 52.0 Å². The molecule has 0 bridgehead atoms.